The summed E-state index contributed by atoms with van der Waals surface area (Å²) < 4.78 is 0. The van der Waals surface area contributed by atoms with E-state index in [4.69, 9.17) is 0 Å². The Balaban J connectivity index is 2.46. The van der Waals surface area contributed by atoms with Crippen LogP contribution in [0.2, 0.25) is 0 Å². The van der Waals surface area contributed by atoms with Crippen molar-refractivity contribution < 1.29 is 0 Å². The van der Waals surface area contributed by atoms with Gasteiger partial charge in [-0.2, -0.15) is 0 Å². The predicted octanol–water partition coefficient (Wildman–Crippen LogP) is 4.97. The molecule has 0 nitrogen and oxygen atoms in total. The summed E-state index contributed by atoms with van der Waals surface area (Å²) in [6.07, 6.45) is 3.06. The van der Waals surface area contributed by atoms with Crippen LogP contribution in [0.25, 0.3) is 10.8 Å². The van der Waals surface area contributed by atoms with Crippen LogP contribution in [0.5, 0.6) is 0 Å². The molecule has 0 aliphatic rings. The van der Waals surface area contributed by atoms with Crippen molar-refractivity contribution >= 4 is 26.7 Å². The molecule has 0 aliphatic carbocycles. The second-order valence-electron chi connectivity index (χ2n) is 4.81. The maximum atomic E-state index is 3.95. The lowest BCUT2D eigenvalue weighted by Crippen LogP contribution is -2.18. The predicted molar refractivity (Wildman–Crippen MR) is 79.8 cm³/mol. The Hall–Kier alpha value is -1.08. The van der Waals surface area contributed by atoms with Crippen LogP contribution in [0.15, 0.2) is 55.1 Å². The molecule has 0 aromatic heterocycles. The Morgan fingerprint density at radius 2 is 1.88 bits per heavy atom. The van der Waals surface area contributed by atoms with E-state index in [0.717, 1.165) is 11.8 Å². The number of fused-ring (bicyclic) bond motifs is 1. The van der Waals surface area contributed by atoms with E-state index in [2.05, 4.69) is 71.9 Å². The van der Waals surface area contributed by atoms with Crippen molar-refractivity contribution in [1.29, 1.82) is 0 Å². The summed E-state index contributed by atoms with van der Waals surface area (Å²) >= 11 is 3.58. The first kappa shape index (κ1) is 12.4. The molecule has 2 aromatic carbocycles. The van der Waals surface area contributed by atoms with Gasteiger partial charge in [-0.3, -0.25) is 0 Å². The number of alkyl halides is 1. The molecule has 1 heteroatoms. The number of hydrogen-bond acceptors (Lipinski definition) is 0. The molecule has 88 valence electrons. The van der Waals surface area contributed by atoms with Gasteiger partial charge in [0.15, 0.2) is 0 Å². The Bertz CT molecular complexity index is 525. The first-order chi connectivity index (χ1) is 8.18. The topological polar surface area (TPSA) is 0 Å². The molecule has 2 rings (SSSR count). The normalized spacial score (nSPS) is 14.5. The van der Waals surface area contributed by atoms with E-state index < -0.39 is 0 Å². The van der Waals surface area contributed by atoms with E-state index >= 15 is 0 Å². The van der Waals surface area contributed by atoms with Gasteiger partial charge in [0, 0.05) is 5.33 Å². The molecule has 0 bridgehead atoms. The Labute approximate surface area is 111 Å². The molecule has 1 atom stereocenters. The molecule has 0 radical (unpaired) electrons. The highest BCUT2D eigenvalue weighted by Crippen LogP contribution is 2.29. The van der Waals surface area contributed by atoms with E-state index in [1.54, 1.807) is 0 Å². The molecule has 0 saturated heterocycles. The number of halogens is 1. The van der Waals surface area contributed by atoms with Gasteiger partial charge in [0.2, 0.25) is 0 Å². The largest absolute Gasteiger partial charge is 0.102 e. The van der Waals surface area contributed by atoms with Gasteiger partial charge in [-0.15, -0.1) is 6.58 Å². The summed E-state index contributed by atoms with van der Waals surface area (Å²) in [6, 6.07) is 15.1. The highest BCUT2D eigenvalue weighted by atomic mass is 79.9. The first-order valence-electron chi connectivity index (χ1n) is 5.85. The standard InChI is InChI=1S/C16H17Br/c1-3-16(2,12-17)11-14-9-6-8-13-7-4-5-10-15(13)14/h3-10H,1,11-12H2,2H3. The molecule has 0 fully saturated rings. The van der Waals surface area contributed by atoms with E-state index in [0.29, 0.717) is 0 Å². The zero-order valence-corrected chi connectivity index (χ0v) is 11.7. The third-order valence-electron chi connectivity index (χ3n) is 3.27. The summed E-state index contributed by atoms with van der Waals surface area (Å²) in [5.41, 5.74) is 1.51. The molecule has 0 saturated carbocycles. The number of rotatable bonds is 4. The van der Waals surface area contributed by atoms with Gasteiger partial charge < -0.3 is 0 Å². The van der Waals surface area contributed by atoms with Crippen molar-refractivity contribution in [3.63, 3.8) is 0 Å². The zero-order chi connectivity index (χ0) is 12.3. The fraction of sp³-hybridized carbons (Fsp3) is 0.250. The second kappa shape index (κ2) is 5.05. The minimum absolute atomic E-state index is 0.115. The average Bonchev–Trinajstić information content (AvgIpc) is 2.39. The number of benzene rings is 2. The van der Waals surface area contributed by atoms with Gasteiger partial charge in [0.1, 0.15) is 0 Å². The fourth-order valence-electron chi connectivity index (χ4n) is 2.06. The van der Waals surface area contributed by atoms with Gasteiger partial charge in [0.05, 0.1) is 0 Å². The molecular weight excluding hydrogens is 272 g/mol. The summed E-state index contributed by atoms with van der Waals surface area (Å²) in [5.74, 6) is 0. The van der Waals surface area contributed by atoms with Crippen LogP contribution in [0, 0.1) is 5.41 Å². The lowest BCUT2D eigenvalue weighted by molar-refractivity contribution is 0.495. The van der Waals surface area contributed by atoms with Crippen molar-refractivity contribution in [2.24, 2.45) is 5.41 Å². The van der Waals surface area contributed by atoms with Crippen LogP contribution in [0.4, 0.5) is 0 Å². The SMILES string of the molecule is C=CC(C)(CBr)Cc1cccc2ccccc12. The molecule has 0 amide bonds. The van der Waals surface area contributed by atoms with Crippen LogP contribution < -0.4 is 0 Å². The van der Waals surface area contributed by atoms with Gasteiger partial charge in [0.25, 0.3) is 0 Å². The van der Waals surface area contributed by atoms with Crippen LogP contribution in [0.1, 0.15) is 12.5 Å². The molecule has 1 unspecified atom stereocenters. The third-order valence-corrected chi connectivity index (χ3v) is 4.55. The summed E-state index contributed by atoms with van der Waals surface area (Å²) in [7, 11) is 0. The van der Waals surface area contributed by atoms with Crippen LogP contribution in [0.3, 0.4) is 0 Å². The Morgan fingerprint density at radius 3 is 2.59 bits per heavy atom. The highest BCUT2D eigenvalue weighted by Gasteiger charge is 2.20. The van der Waals surface area contributed by atoms with E-state index in [1.165, 1.54) is 16.3 Å². The quantitative estimate of drug-likeness (QED) is 0.550. The monoisotopic (exact) mass is 288 g/mol. The minimum atomic E-state index is 0.115. The van der Waals surface area contributed by atoms with Crippen molar-refractivity contribution in [2.45, 2.75) is 13.3 Å². The van der Waals surface area contributed by atoms with E-state index in [-0.39, 0.29) is 5.41 Å². The zero-order valence-electron chi connectivity index (χ0n) is 10.1. The maximum absolute atomic E-state index is 3.95. The molecule has 2 aromatic rings. The van der Waals surface area contributed by atoms with Crippen LogP contribution in [-0.4, -0.2) is 5.33 Å². The summed E-state index contributed by atoms with van der Waals surface area (Å²) in [4.78, 5) is 0. The number of hydrogen-bond donors (Lipinski definition) is 0. The van der Waals surface area contributed by atoms with Gasteiger partial charge in [-0.25, -0.2) is 0 Å². The van der Waals surface area contributed by atoms with Crippen molar-refractivity contribution in [3.8, 4) is 0 Å². The lowest BCUT2D eigenvalue weighted by atomic mass is 9.84. The van der Waals surface area contributed by atoms with Crippen molar-refractivity contribution in [2.75, 3.05) is 5.33 Å². The highest BCUT2D eigenvalue weighted by molar-refractivity contribution is 9.09. The third kappa shape index (κ3) is 2.61. The molecule has 17 heavy (non-hydrogen) atoms. The first-order valence-corrected chi connectivity index (χ1v) is 6.97. The minimum Gasteiger partial charge on any atom is -0.102 e. The molecule has 0 spiro atoms. The van der Waals surface area contributed by atoms with E-state index in [9.17, 15) is 0 Å². The van der Waals surface area contributed by atoms with Gasteiger partial charge in [-0.1, -0.05) is 71.4 Å². The Morgan fingerprint density at radius 1 is 1.18 bits per heavy atom. The smallest absolute Gasteiger partial charge is 0.0123 e. The van der Waals surface area contributed by atoms with E-state index in [1.807, 2.05) is 6.08 Å². The maximum Gasteiger partial charge on any atom is 0.0123 e. The van der Waals surface area contributed by atoms with Crippen LogP contribution >= 0.6 is 15.9 Å². The molecule has 0 N–H and O–H groups in total. The summed E-state index contributed by atoms with van der Waals surface area (Å²) in [6.45, 7) is 6.18. The second-order valence-corrected chi connectivity index (χ2v) is 5.37. The summed E-state index contributed by atoms with van der Waals surface area (Å²) in [5, 5.41) is 3.60. The Kier molecular flexibility index (Phi) is 3.68. The van der Waals surface area contributed by atoms with Crippen molar-refractivity contribution in [3.05, 3.63) is 60.7 Å². The molecular formula is C16H17Br. The molecule has 0 aliphatic heterocycles. The fourth-order valence-corrected chi connectivity index (χ4v) is 2.48. The molecule has 0 heterocycles. The van der Waals surface area contributed by atoms with Gasteiger partial charge in [-0.05, 0) is 28.2 Å². The van der Waals surface area contributed by atoms with Crippen LogP contribution in [-0.2, 0) is 6.42 Å². The lowest BCUT2D eigenvalue weighted by Gasteiger charge is -2.23. The van der Waals surface area contributed by atoms with Crippen molar-refractivity contribution in [1.82, 2.24) is 0 Å². The van der Waals surface area contributed by atoms with Gasteiger partial charge >= 0.3 is 0 Å². The average molecular weight is 289 g/mol. The number of allylic oxidation sites excluding steroid dienone is 1.